The highest BCUT2D eigenvalue weighted by Gasteiger charge is 2.22. The van der Waals surface area contributed by atoms with Gasteiger partial charge in [0, 0.05) is 51.0 Å². The van der Waals surface area contributed by atoms with Crippen molar-refractivity contribution in [1.29, 1.82) is 0 Å². The maximum absolute atomic E-state index is 12.8. The molecule has 5 nitrogen and oxygen atoms in total. The van der Waals surface area contributed by atoms with Gasteiger partial charge >= 0.3 is 0 Å². The van der Waals surface area contributed by atoms with Crippen molar-refractivity contribution in [1.82, 2.24) is 14.8 Å². The number of unbranched alkanes of at least 4 members (excludes halogenated alkanes) is 1. The Morgan fingerprint density at radius 3 is 2.46 bits per heavy atom. The van der Waals surface area contributed by atoms with E-state index in [0.29, 0.717) is 0 Å². The van der Waals surface area contributed by atoms with Crippen LogP contribution in [0.4, 0.5) is 5.82 Å². The van der Waals surface area contributed by atoms with Crippen molar-refractivity contribution < 1.29 is 4.79 Å². The number of piperazine rings is 1. The Labute approximate surface area is 168 Å². The zero-order valence-corrected chi connectivity index (χ0v) is 16.6. The molecule has 1 amide bonds. The van der Waals surface area contributed by atoms with Gasteiger partial charge < -0.3 is 9.80 Å². The van der Waals surface area contributed by atoms with E-state index in [-0.39, 0.29) is 5.91 Å². The number of amides is 1. The minimum absolute atomic E-state index is 0.220. The van der Waals surface area contributed by atoms with Crippen LogP contribution in [0.2, 0.25) is 0 Å². The van der Waals surface area contributed by atoms with Gasteiger partial charge in [-0.15, -0.1) is 0 Å². The molecule has 4 rings (SSSR count). The van der Waals surface area contributed by atoms with E-state index in [2.05, 4.69) is 37.9 Å². The molecule has 3 heterocycles. The zero-order valence-electron chi connectivity index (χ0n) is 16.6. The largest absolute Gasteiger partial charge is 0.354 e. The normalized spacial score (nSPS) is 18.1. The summed E-state index contributed by atoms with van der Waals surface area (Å²) in [5, 5.41) is 0. The second kappa shape index (κ2) is 9.20. The maximum atomic E-state index is 12.8. The van der Waals surface area contributed by atoms with Crippen LogP contribution >= 0.6 is 0 Å². The van der Waals surface area contributed by atoms with Crippen molar-refractivity contribution in [3.8, 4) is 0 Å². The number of hydrogen-bond acceptors (Lipinski definition) is 4. The number of carbonyl (C=O) groups excluding carboxylic acids is 1. The van der Waals surface area contributed by atoms with Gasteiger partial charge in [-0.25, -0.2) is 4.98 Å². The quantitative estimate of drug-likeness (QED) is 0.725. The summed E-state index contributed by atoms with van der Waals surface area (Å²) in [5.74, 6) is 1.30. The second-order valence-corrected chi connectivity index (χ2v) is 7.78. The van der Waals surface area contributed by atoms with Gasteiger partial charge in [-0.05, 0) is 56.0 Å². The van der Waals surface area contributed by atoms with E-state index >= 15 is 0 Å². The zero-order chi connectivity index (χ0) is 19.2. The summed E-state index contributed by atoms with van der Waals surface area (Å²) < 4.78 is 0. The summed E-state index contributed by atoms with van der Waals surface area (Å²) in [6.45, 7) is 7.14. The Morgan fingerprint density at radius 2 is 1.64 bits per heavy atom. The highest BCUT2D eigenvalue weighted by atomic mass is 16.2. The van der Waals surface area contributed by atoms with E-state index in [1.54, 1.807) is 0 Å². The van der Waals surface area contributed by atoms with Crippen molar-refractivity contribution in [3.05, 3.63) is 59.8 Å². The molecule has 0 unspecified atom stereocenters. The van der Waals surface area contributed by atoms with Crippen LogP contribution in [0.3, 0.4) is 0 Å². The third-order valence-corrected chi connectivity index (χ3v) is 5.91. The summed E-state index contributed by atoms with van der Waals surface area (Å²) in [6, 6.07) is 14.2. The first-order chi connectivity index (χ1) is 13.8. The van der Waals surface area contributed by atoms with E-state index in [9.17, 15) is 4.79 Å². The van der Waals surface area contributed by atoms with E-state index < -0.39 is 0 Å². The molecule has 28 heavy (non-hydrogen) atoms. The molecule has 0 N–H and O–H groups in total. The molecule has 0 spiro atoms. The number of anilines is 1. The summed E-state index contributed by atoms with van der Waals surface area (Å²) in [6.07, 6.45) is 6.17. The van der Waals surface area contributed by atoms with Gasteiger partial charge in [0.05, 0.1) is 0 Å². The summed E-state index contributed by atoms with van der Waals surface area (Å²) in [5.41, 5.74) is 2.12. The standard InChI is InChI=1S/C23H30N4O/c28-23-21-10-2-1-8-20(21)9-7-15-27(23)14-6-5-13-25-16-18-26(19-17-25)22-11-3-4-12-24-22/h1-4,8,10-12H,5-7,9,13-19H2. The molecule has 1 aromatic heterocycles. The molecule has 148 valence electrons. The minimum atomic E-state index is 0.220. The number of nitrogens with zero attached hydrogens (tertiary/aromatic N) is 4. The molecule has 1 fully saturated rings. The number of fused-ring (bicyclic) bond motifs is 1. The lowest BCUT2D eigenvalue weighted by Crippen LogP contribution is -2.47. The van der Waals surface area contributed by atoms with Gasteiger partial charge in [0.2, 0.25) is 0 Å². The molecular formula is C23H30N4O. The average Bonchev–Trinajstić information content (AvgIpc) is 2.91. The lowest BCUT2D eigenvalue weighted by molar-refractivity contribution is 0.0756. The topological polar surface area (TPSA) is 39.7 Å². The average molecular weight is 379 g/mol. The molecule has 1 aromatic carbocycles. The molecule has 2 aliphatic rings. The smallest absolute Gasteiger partial charge is 0.254 e. The van der Waals surface area contributed by atoms with Crippen LogP contribution in [0.5, 0.6) is 0 Å². The molecule has 2 aliphatic heterocycles. The fourth-order valence-corrected chi connectivity index (χ4v) is 4.27. The Kier molecular flexibility index (Phi) is 6.22. The van der Waals surface area contributed by atoms with Crippen molar-refractivity contribution in [2.24, 2.45) is 0 Å². The molecule has 0 saturated carbocycles. The van der Waals surface area contributed by atoms with Crippen LogP contribution in [0.1, 0.15) is 35.2 Å². The first-order valence-corrected chi connectivity index (χ1v) is 10.6. The van der Waals surface area contributed by atoms with E-state index in [0.717, 1.165) is 82.9 Å². The number of pyridine rings is 1. The molecule has 5 heteroatoms. The van der Waals surface area contributed by atoms with Crippen molar-refractivity contribution in [3.63, 3.8) is 0 Å². The minimum Gasteiger partial charge on any atom is -0.354 e. The molecule has 0 atom stereocenters. The molecule has 0 radical (unpaired) electrons. The molecule has 2 aromatic rings. The number of aryl methyl sites for hydroxylation is 1. The molecule has 1 saturated heterocycles. The van der Waals surface area contributed by atoms with Gasteiger partial charge in [0.1, 0.15) is 5.82 Å². The monoisotopic (exact) mass is 378 g/mol. The van der Waals surface area contributed by atoms with Crippen LogP contribution in [-0.2, 0) is 6.42 Å². The predicted octanol–water partition coefficient (Wildman–Crippen LogP) is 3.07. The van der Waals surface area contributed by atoms with Crippen molar-refractivity contribution in [2.75, 3.05) is 50.7 Å². The highest BCUT2D eigenvalue weighted by Crippen LogP contribution is 2.19. The fourth-order valence-electron chi connectivity index (χ4n) is 4.27. The number of rotatable bonds is 6. The summed E-state index contributed by atoms with van der Waals surface area (Å²) >= 11 is 0. The Bertz CT molecular complexity index is 771. The van der Waals surface area contributed by atoms with Gasteiger partial charge in [-0.1, -0.05) is 24.3 Å². The van der Waals surface area contributed by atoms with Gasteiger partial charge in [0.15, 0.2) is 0 Å². The van der Waals surface area contributed by atoms with Crippen LogP contribution < -0.4 is 4.90 Å². The number of benzene rings is 1. The third-order valence-electron chi connectivity index (χ3n) is 5.91. The SMILES string of the molecule is O=C1c2ccccc2CCCN1CCCCN1CCN(c2ccccn2)CC1. The van der Waals surface area contributed by atoms with Crippen molar-refractivity contribution >= 4 is 11.7 Å². The summed E-state index contributed by atoms with van der Waals surface area (Å²) in [4.78, 5) is 24.2. The number of hydrogen-bond donors (Lipinski definition) is 0. The molecular weight excluding hydrogens is 348 g/mol. The van der Waals surface area contributed by atoms with Crippen LogP contribution in [0.15, 0.2) is 48.7 Å². The Morgan fingerprint density at radius 1 is 0.857 bits per heavy atom. The Balaban J connectivity index is 1.19. The first kappa shape index (κ1) is 18.9. The molecule has 0 aliphatic carbocycles. The molecule has 0 bridgehead atoms. The number of aromatic nitrogens is 1. The third kappa shape index (κ3) is 4.53. The van der Waals surface area contributed by atoms with Gasteiger partial charge in [-0.3, -0.25) is 9.69 Å². The fraction of sp³-hybridized carbons (Fsp3) is 0.478. The van der Waals surface area contributed by atoms with Crippen molar-refractivity contribution in [2.45, 2.75) is 25.7 Å². The predicted molar refractivity (Wildman–Crippen MR) is 113 cm³/mol. The van der Waals surface area contributed by atoms with Crippen LogP contribution in [-0.4, -0.2) is 66.5 Å². The highest BCUT2D eigenvalue weighted by molar-refractivity contribution is 5.96. The van der Waals surface area contributed by atoms with E-state index in [4.69, 9.17) is 0 Å². The van der Waals surface area contributed by atoms with E-state index in [1.807, 2.05) is 30.5 Å². The lowest BCUT2D eigenvalue weighted by Gasteiger charge is -2.35. The summed E-state index contributed by atoms with van der Waals surface area (Å²) in [7, 11) is 0. The second-order valence-electron chi connectivity index (χ2n) is 7.78. The van der Waals surface area contributed by atoms with Crippen LogP contribution in [0.25, 0.3) is 0 Å². The van der Waals surface area contributed by atoms with E-state index in [1.165, 1.54) is 5.56 Å². The Hall–Kier alpha value is -2.40. The first-order valence-electron chi connectivity index (χ1n) is 10.6. The number of carbonyl (C=O) groups is 1. The lowest BCUT2D eigenvalue weighted by atomic mass is 10.0. The van der Waals surface area contributed by atoms with Gasteiger partial charge in [0.25, 0.3) is 5.91 Å². The van der Waals surface area contributed by atoms with Gasteiger partial charge in [-0.2, -0.15) is 0 Å². The van der Waals surface area contributed by atoms with Crippen LogP contribution in [0, 0.1) is 0 Å². The maximum Gasteiger partial charge on any atom is 0.254 e.